The Labute approximate surface area is 117 Å². The van der Waals surface area contributed by atoms with Gasteiger partial charge in [-0.05, 0) is 30.2 Å². The van der Waals surface area contributed by atoms with Gasteiger partial charge in [0.15, 0.2) is 0 Å². The highest BCUT2D eigenvalue weighted by atomic mass is 79.9. The third-order valence-corrected chi connectivity index (χ3v) is 4.44. The number of rotatable bonds is 5. The van der Waals surface area contributed by atoms with Crippen molar-refractivity contribution in [2.45, 2.75) is 26.3 Å². The Morgan fingerprint density at radius 3 is 2.94 bits per heavy atom. The number of thiophene rings is 1. The molecular formula is C12H15BrN2O2S. The Hall–Kier alpha value is -0.880. The zero-order chi connectivity index (χ0) is 13.1. The largest absolute Gasteiger partial charge is 0.329 e. The average molecular weight is 331 g/mol. The van der Waals surface area contributed by atoms with Crippen LogP contribution in [0.4, 0.5) is 0 Å². The lowest BCUT2D eigenvalue weighted by Crippen LogP contribution is -2.30. The number of alkyl halides is 1. The van der Waals surface area contributed by atoms with E-state index in [0.29, 0.717) is 17.8 Å². The fourth-order valence-corrected chi connectivity index (χ4v) is 3.59. The standard InChI is InChI=1S/C12H15BrN2O2S/c1-8(2-5-13)3-6-15-11-9(4-7-18-11)10(16)14-12(15)17/h4,7-8H,2-3,5-6H2,1H3,(H,14,16,17). The first-order valence-corrected chi connectivity index (χ1v) is 7.90. The maximum Gasteiger partial charge on any atom is 0.329 e. The second kappa shape index (κ2) is 5.84. The van der Waals surface area contributed by atoms with E-state index in [2.05, 4.69) is 27.8 Å². The minimum atomic E-state index is -0.305. The van der Waals surface area contributed by atoms with Crippen molar-refractivity contribution >= 4 is 37.5 Å². The number of hydrogen-bond acceptors (Lipinski definition) is 3. The second-order valence-electron chi connectivity index (χ2n) is 4.42. The molecule has 1 atom stereocenters. The molecule has 4 nitrogen and oxygen atoms in total. The van der Waals surface area contributed by atoms with Gasteiger partial charge >= 0.3 is 5.69 Å². The molecule has 0 saturated carbocycles. The summed E-state index contributed by atoms with van der Waals surface area (Å²) >= 11 is 4.86. The molecule has 0 fully saturated rings. The van der Waals surface area contributed by atoms with Gasteiger partial charge in [0.2, 0.25) is 0 Å². The highest BCUT2D eigenvalue weighted by Gasteiger charge is 2.09. The molecule has 0 aliphatic rings. The zero-order valence-corrected chi connectivity index (χ0v) is 12.5. The van der Waals surface area contributed by atoms with Crippen molar-refractivity contribution in [2.24, 2.45) is 5.92 Å². The minimum Gasteiger partial charge on any atom is -0.284 e. The summed E-state index contributed by atoms with van der Waals surface area (Å²) in [4.78, 5) is 26.6. The van der Waals surface area contributed by atoms with Gasteiger partial charge in [0, 0.05) is 11.9 Å². The molecule has 0 aliphatic carbocycles. The van der Waals surface area contributed by atoms with E-state index < -0.39 is 0 Å². The normalized spacial score (nSPS) is 13.0. The Balaban J connectivity index is 2.30. The molecule has 0 spiro atoms. The maximum absolute atomic E-state index is 11.8. The van der Waals surface area contributed by atoms with E-state index in [9.17, 15) is 9.59 Å². The van der Waals surface area contributed by atoms with Gasteiger partial charge in [0.25, 0.3) is 5.56 Å². The van der Waals surface area contributed by atoms with Crippen LogP contribution in [0.25, 0.3) is 10.2 Å². The van der Waals surface area contributed by atoms with Gasteiger partial charge in [-0.15, -0.1) is 11.3 Å². The molecule has 2 aromatic rings. The molecule has 0 radical (unpaired) electrons. The second-order valence-corrected chi connectivity index (χ2v) is 6.11. The van der Waals surface area contributed by atoms with Crippen molar-refractivity contribution in [3.05, 3.63) is 32.3 Å². The average Bonchev–Trinajstić information content (AvgIpc) is 2.78. The Morgan fingerprint density at radius 2 is 2.22 bits per heavy atom. The van der Waals surface area contributed by atoms with Crippen molar-refractivity contribution in [2.75, 3.05) is 5.33 Å². The van der Waals surface area contributed by atoms with Gasteiger partial charge in [0.1, 0.15) is 4.83 Å². The van der Waals surface area contributed by atoms with Gasteiger partial charge in [0.05, 0.1) is 5.39 Å². The molecule has 1 N–H and O–H groups in total. The van der Waals surface area contributed by atoms with Crippen molar-refractivity contribution in [3.8, 4) is 0 Å². The third kappa shape index (κ3) is 2.75. The van der Waals surface area contributed by atoms with E-state index in [0.717, 1.165) is 23.0 Å². The first-order chi connectivity index (χ1) is 8.63. The summed E-state index contributed by atoms with van der Waals surface area (Å²) in [6.45, 7) is 2.82. The Morgan fingerprint density at radius 1 is 1.44 bits per heavy atom. The number of aryl methyl sites for hydroxylation is 1. The Kier molecular flexibility index (Phi) is 4.40. The fraction of sp³-hybridized carbons (Fsp3) is 0.500. The van der Waals surface area contributed by atoms with E-state index in [1.165, 1.54) is 11.3 Å². The summed E-state index contributed by atoms with van der Waals surface area (Å²) in [6, 6.07) is 1.76. The fourth-order valence-electron chi connectivity index (χ4n) is 1.89. The summed E-state index contributed by atoms with van der Waals surface area (Å²) in [6.07, 6.45) is 2.02. The summed E-state index contributed by atoms with van der Waals surface area (Å²) < 4.78 is 1.67. The number of aromatic amines is 1. The number of nitrogens with zero attached hydrogens (tertiary/aromatic N) is 1. The topological polar surface area (TPSA) is 54.9 Å². The Bertz CT molecular complexity index is 643. The summed E-state index contributed by atoms with van der Waals surface area (Å²) in [5, 5.41) is 3.42. The lowest BCUT2D eigenvalue weighted by molar-refractivity contribution is 0.470. The smallest absolute Gasteiger partial charge is 0.284 e. The van der Waals surface area contributed by atoms with E-state index in [-0.39, 0.29) is 11.2 Å². The summed E-state index contributed by atoms with van der Waals surface area (Å²) in [7, 11) is 0. The van der Waals surface area contributed by atoms with Crippen molar-refractivity contribution < 1.29 is 0 Å². The summed E-state index contributed by atoms with van der Waals surface area (Å²) in [5.41, 5.74) is -0.595. The van der Waals surface area contributed by atoms with Gasteiger partial charge in [-0.3, -0.25) is 14.3 Å². The van der Waals surface area contributed by atoms with Gasteiger partial charge < -0.3 is 0 Å². The molecule has 0 bridgehead atoms. The van der Waals surface area contributed by atoms with Crippen LogP contribution in [0, 0.1) is 5.92 Å². The molecule has 2 heterocycles. The quantitative estimate of drug-likeness (QED) is 0.856. The molecule has 2 rings (SSSR count). The van der Waals surface area contributed by atoms with Crippen LogP contribution in [-0.2, 0) is 6.54 Å². The monoisotopic (exact) mass is 330 g/mol. The summed E-state index contributed by atoms with van der Waals surface area (Å²) in [5.74, 6) is 0.554. The zero-order valence-electron chi connectivity index (χ0n) is 10.1. The van der Waals surface area contributed by atoms with Crippen molar-refractivity contribution in [3.63, 3.8) is 0 Å². The maximum atomic E-state index is 11.8. The van der Waals surface area contributed by atoms with Crippen LogP contribution in [0.15, 0.2) is 21.0 Å². The van der Waals surface area contributed by atoms with Crippen LogP contribution in [0.1, 0.15) is 19.8 Å². The highest BCUT2D eigenvalue weighted by Crippen LogP contribution is 2.17. The number of fused-ring (bicyclic) bond motifs is 1. The van der Waals surface area contributed by atoms with Crippen LogP contribution in [0.5, 0.6) is 0 Å². The lowest BCUT2D eigenvalue weighted by Gasteiger charge is -2.11. The number of aromatic nitrogens is 2. The number of H-pyrrole nitrogens is 1. The highest BCUT2D eigenvalue weighted by molar-refractivity contribution is 9.09. The van der Waals surface area contributed by atoms with Gasteiger partial charge in [-0.2, -0.15) is 0 Å². The van der Waals surface area contributed by atoms with E-state index in [1.807, 2.05) is 5.38 Å². The number of halogens is 1. The van der Waals surface area contributed by atoms with Crippen molar-refractivity contribution in [1.82, 2.24) is 9.55 Å². The van der Waals surface area contributed by atoms with Crippen LogP contribution >= 0.6 is 27.3 Å². The molecule has 2 aromatic heterocycles. The molecule has 6 heteroatoms. The molecule has 0 aliphatic heterocycles. The molecule has 0 amide bonds. The van der Waals surface area contributed by atoms with Crippen LogP contribution in [0.2, 0.25) is 0 Å². The van der Waals surface area contributed by atoms with Gasteiger partial charge in [-0.25, -0.2) is 4.79 Å². The predicted molar refractivity (Wildman–Crippen MR) is 78.9 cm³/mol. The number of nitrogens with one attached hydrogen (secondary N) is 1. The first-order valence-electron chi connectivity index (χ1n) is 5.89. The van der Waals surface area contributed by atoms with E-state index in [1.54, 1.807) is 10.6 Å². The first kappa shape index (κ1) is 13.5. The minimum absolute atomic E-state index is 0.291. The van der Waals surface area contributed by atoms with Crippen molar-refractivity contribution in [1.29, 1.82) is 0 Å². The third-order valence-electron chi connectivity index (χ3n) is 3.05. The predicted octanol–water partition coefficient (Wildman–Crippen LogP) is 2.56. The van der Waals surface area contributed by atoms with E-state index in [4.69, 9.17) is 0 Å². The van der Waals surface area contributed by atoms with Gasteiger partial charge in [-0.1, -0.05) is 22.9 Å². The SMILES string of the molecule is CC(CCBr)CCn1c(=O)[nH]c(=O)c2ccsc21. The molecule has 98 valence electrons. The van der Waals surface area contributed by atoms with Crippen LogP contribution in [0.3, 0.4) is 0 Å². The van der Waals surface area contributed by atoms with Crippen LogP contribution in [-0.4, -0.2) is 14.9 Å². The molecule has 0 saturated heterocycles. The molecular weight excluding hydrogens is 316 g/mol. The van der Waals surface area contributed by atoms with E-state index >= 15 is 0 Å². The molecule has 0 aromatic carbocycles. The molecule has 1 unspecified atom stereocenters. The lowest BCUT2D eigenvalue weighted by atomic mass is 10.1. The number of hydrogen-bond donors (Lipinski definition) is 1. The molecule has 18 heavy (non-hydrogen) atoms. The van der Waals surface area contributed by atoms with Crippen LogP contribution < -0.4 is 11.2 Å².